The van der Waals surface area contributed by atoms with E-state index in [1.165, 1.54) is 0 Å². The lowest BCUT2D eigenvalue weighted by Gasteiger charge is -2.37. The quantitative estimate of drug-likeness (QED) is 0.733. The molecule has 4 atom stereocenters. The smallest absolute Gasteiger partial charge is 0.256 e. The van der Waals surface area contributed by atoms with E-state index in [9.17, 15) is 14.4 Å². The van der Waals surface area contributed by atoms with Crippen LogP contribution in [0.1, 0.15) is 55.4 Å². The second-order valence-electron chi connectivity index (χ2n) is 9.78. The van der Waals surface area contributed by atoms with E-state index in [1.807, 2.05) is 56.9 Å². The molecule has 3 heterocycles. The molecule has 2 unspecified atom stereocenters. The first-order valence-corrected chi connectivity index (χ1v) is 12.4. The van der Waals surface area contributed by atoms with Gasteiger partial charge in [-0.25, -0.2) is 0 Å². The van der Waals surface area contributed by atoms with Crippen LogP contribution < -0.4 is 5.32 Å². The fourth-order valence-corrected chi connectivity index (χ4v) is 6.53. The van der Waals surface area contributed by atoms with Crippen LogP contribution in [-0.2, 0) is 9.59 Å². The van der Waals surface area contributed by atoms with Gasteiger partial charge < -0.3 is 20.0 Å². The molecule has 3 aliphatic rings. The summed E-state index contributed by atoms with van der Waals surface area (Å²) in [4.78, 5) is 46.1. The molecule has 0 aliphatic carbocycles. The number of rotatable bonds is 5. The van der Waals surface area contributed by atoms with Crippen molar-refractivity contribution < 1.29 is 14.4 Å². The van der Waals surface area contributed by atoms with E-state index < -0.39 is 16.8 Å². The van der Waals surface area contributed by atoms with Crippen molar-refractivity contribution in [3.8, 4) is 0 Å². The molecule has 8 heteroatoms. The topological polar surface area (TPSA) is 73.0 Å². The van der Waals surface area contributed by atoms with Gasteiger partial charge in [0.05, 0.1) is 0 Å². The summed E-state index contributed by atoms with van der Waals surface area (Å²) in [6.07, 6.45) is 0.782. The van der Waals surface area contributed by atoms with Crippen LogP contribution in [0.4, 0.5) is 0 Å². The number of thioether (sulfide) groups is 1. The van der Waals surface area contributed by atoms with Crippen LogP contribution >= 0.6 is 11.8 Å². The number of carbonyl (C=O) groups excluding carboxylic acids is 3. The number of piperazine rings is 1. The van der Waals surface area contributed by atoms with Crippen molar-refractivity contribution in [2.24, 2.45) is 5.92 Å². The number of hydrogen-bond acceptors (Lipinski definition) is 5. The van der Waals surface area contributed by atoms with E-state index in [4.69, 9.17) is 0 Å². The highest BCUT2D eigenvalue weighted by molar-refractivity contribution is 8.01. The van der Waals surface area contributed by atoms with Crippen molar-refractivity contribution in [1.29, 1.82) is 0 Å². The summed E-state index contributed by atoms with van der Waals surface area (Å²) in [6.45, 7) is 11.1. The number of carbonyl (C=O) groups is 3. The third-order valence-corrected chi connectivity index (χ3v) is 8.67. The Labute approximate surface area is 194 Å². The molecule has 32 heavy (non-hydrogen) atoms. The van der Waals surface area contributed by atoms with Crippen LogP contribution in [-0.4, -0.2) is 82.5 Å². The highest BCUT2D eigenvalue weighted by Crippen LogP contribution is 2.56. The van der Waals surface area contributed by atoms with Crippen LogP contribution in [0.25, 0.3) is 0 Å². The molecule has 3 aliphatic heterocycles. The van der Waals surface area contributed by atoms with Crippen LogP contribution in [0.5, 0.6) is 0 Å². The molecule has 2 fully saturated rings. The lowest BCUT2D eigenvalue weighted by Crippen LogP contribution is -2.60. The molecule has 0 spiro atoms. The second kappa shape index (κ2) is 8.71. The minimum absolute atomic E-state index is 0.00514. The van der Waals surface area contributed by atoms with Gasteiger partial charge in [0.1, 0.15) is 17.5 Å². The van der Waals surface area contributed by atoms with E-state index in [0.717, 1.165) is 25.1 Å². The Morgan fingerprint density at radius 3 is 2.50 bits per heavy atom. The fraction of sp³-hybridized carbons (Fsp3) is 0.625. The van der Waals surface area contributed by atoms with Gasteiger partial charge >= 0.3 is 0 Å². The highest BCUT2D eigenvalue weighted by atomic mass is 32.2. The minimum Gasteiger partial charge on any atom is -0.342 e. The summed E-state index contributed by atoms with van der Waals surface area (Å²) >= 11 is 1.64. The third kappa shape index (κ3) is 3.92. The zero-order valence-corrected chi connectivity index (χ0v) is 20.4. The SMILES string of the molecule is CCC(C)[C@H](NC(=O)[C@H]1N2C(=O)c3ccccc3C2SC1(C)C)C(=O)N1CCN(C)CC1. The number of nitrogens with one attached hydrogen (secondary N) is 1. The van der Waals surface area contributed by atoms with Crippen molar-refractivity contribution in [3.63, 3.8) is 0 Å². The maximum absolute atomic E-state index is 13.7. The maximum atomic E-state index is 13.7. The van der Waals surface area contributed by atoms with Crippen LogP contribution in [0.15, 0.2) is 24.3 Å². The summed E-state index contributed by atoms with van der Waals surface area (Å²) in [7, 11) is 2.05. The van der Waals surface area contributed by atoms with E-state index in [0.29, 0.717) is 18.7 Å². The molecule has 0 radical (unpaired) electrons. The van der Waals surface area contributed by atoms with Crippen LogP contribution in [0.2, 0.25) is 0 Å². The number of benzene rings is 1. The predicted octanol–water partition coefficient (Wildman–Crippen LogP) is 2.34. The van der Waals surface area contributed by atoms with E-state index in [1.54, 1.807) is 16.7 Å². The van der Waals surface area contributed by atoms with Crippen LogP contribution in [0, 0.1) is 5.92 Å². The molecule has 1 aromatic rings. The minimum atomic E-state index is -0.635. The van der Waals surface area contributed by atoms with Gasteiger partial charge in [-0.15, -0.1) is 11.8 Å². The highest BCUT2D eigenvalue weighted by Gasteiger charge is 2.57. The van der Waals surface area contributed by atoms with Crippen molar-refractivity contribution in [2.45, 2.75) is 56.3 Å². The van der Waals surface area contributed by atoms with E-state index in [-0.39, 0.29) is 29.0 Å². The van der Waals surface area contributed by atoms with Gasteiger partial charge in [0, 0.05) is 36.5 Å². The third-order valence-electron chi connectivity index (χ3n) is 7.14. The number of amides is 3. The summed E-state index contributed by atoms with van der Waals surface area (Å²) in [5, 5.41) is 2.92. The van der Waals surface area contributed by atoms with Crippen molar-refractivity contribution in [1.82, 2.24) is 20.0 Å². The molecule has 4 rings (SSSR count). The summed E-state index contributed by atoms with van der Waals surface area (Å²) < 4.78 is -0.463. The fourth-order valence-electron chi connectivity index (χ4n) is 4.94. The number of hydrogen-bond donors (Lipinski definition) is 1. The number of likely N-dealkylation sites (N-methyl/N-ethyl adjacent to an activating group) is 1. The number of nitrogens with zero attached hydrogens (tertiary/aromatic N) is 3. The Bertz CT molecular complexity index is 912. The molecule has 174 valence electrons. The Kier molecular flexibility index (Phi) is 6.29. The Morgan fingerprint density at radius 2 is 1.84 bits per heavy atom. The summed E-state index contributed by atoms with van der Waals surface area (Å²) in [5.74, 6) is -0.351. The zero-order valence-electron chi connectivity index (χ0n) is 19.6. The van der Waals surface area contributed by atoms with E-state index >= 15 is 0 Å². The lowest BCUT2D eigenvalue weighted by atomic mass is 9.95. The predicted molar refractivity (Wildman–Crippen MR) is 126 cm³/mol. The van der Waals surface area contributed by atoms with Crippen molar-refractivity contribution >= 4 is 29.5 Å². The van der Waals surface area contributed by atoms with Gasteiger partial charge in [-0.2, -0.15) is 0 Å². The Morgan fingerprint density at radius 1 is 1.19 bits per heavy atom. The Balaban J connectivity index is 1.56. The van der Waals surface area contributed by atoms with Gasteiger partial charge in [-0.3, -0.25) is 14.4 Å². The molecular weight excluding hydrogens is 424 g/mol. The molecule has 7 nitrogen and oxygen atoms in total. The molecule has 0 saturated carbocycles. The Hall–Kier alpha value is -2.06. The summed E-state index contributed by atoms with van der Waals surface area (Å²) in [5.41, 5.74) is 1.64. The zero-order chi connectivity index (χ0) is 23.2. The van der Waals surface area contributed by atoms with Gasteiger partial charge in [0.15, 0.2) is 0 Å². The monoisotopic (exact) mass is 458 g/mol. The van der Waals surface area contributed by atoms with Gasteiger partial charge in [0.2, 0.25) is 11.8 Å². The number of fused-ring (bicyclic) bond motifs is 3. The van der Waals surface area contributed by atoms with Gasteiger partial charge in [-0.05, 0) is 38.4 Å². The van der Waals surface area contributed by atoms with Gasteiger partial charge in [0.25, 0.3) is 5.91 Å². The average Bonchev–Trinajstić information content (AvgIpc) is 3.20. The largest absolute Gasteiger partial charge is 0.342 e. The van der Waals surface area contributed by atoms with Crippen LogP contribution in [0.3, 0.4) is 0 Å². The molecule has 2 saturated heterocycles. The first-order chi connectivity index (χ1) is 15.2. The lowest BCUT2D eigenvalue weighted by molar-refractivity contribution is -0.140. The molecule has 0 aromatic heterocycles. The van der Waals surface area contributed by atoms with Gasteiger partial charge in [-0.1, -0.05) is 38.5 Å². The molecule has 1 aromatic carbocycles. The average molecular weight is 459 g/mol. The molecule has 1 N–H and O–H groups in total. The molecular formula is C24H34N4O3S. The van der Waals surface area contributed by atoms with E-state index in [2.05, 4.69) is 17.3 Å². The molecule has 0 bridgehead atoms. The van der Waals surface area contributed by atoms with Crippen molar-refractivity contribution in [3.05, 3.63) is 35.4 Å². The van der Waals surface area contributed by atoms with Crippen molar-refractivity contribution in [2.75, 3.05) is 33.2 Å². The maximum Gasteiger partial charge on any atom is 0.256 e. The summed E-state index contributed by atoms with van der Waals surface area (Å²) in [6, 6.07) is 6.37. The first kappa shape index (κ1) is 23.1. The second-order valence-corrected chi connectivity index (χ2v) is 11.5. The molecule has 3 amide bonds. The normalized spacial score (nSPS) is 26.5. The standard InChI is InChI=1S/C24H34N4O3S/c1-6-15(2)18(22(31)27-13-11-26(5)12-14-27)25-20(29)19-24(3,4)32-23-17-10-8-7-9-16(17)21(30)28(19)23/h7-10,15,18-19,23H,6,11-14H2,1-5H3,(H,25,29)/t15?,18-,19+,23?/m0/s1. The first-order valence-electron chi connectivity index (χ1n) is 11.5.